The van der Waals surface area contributed by atoms with E-state index in [1.165, 1.54) is 20.3 Å². The van der Waals surface area contributed by atoms with Gasteiger partial charge in [0, 0.05) is 6.07 Å². The zero-order valence-electron chi connectivity index (χ0n) is 9.97. The van der Waals surface area contributed by atoms with E-state index in [1.807, 2.05) is 0 Å². The van der Waals surface area contributed by atoms with Crippen LogP contribution in [0.3, 0.4) is 0 Å². The van der Waals surface area contributed by atoms with E-state index < -0.39 is 11.0 Å². The van der Waals surface area contributed by atoms with E-state index in [-0.39, 0.29) is 17.2 Å². The SMILES string of the molecule is COc1cc(C[C@H](C)O)cc([N+](=O)[O-])c1OC. The lowest BCUT2D eigenvalue weighted by Gasteiger charge is -2.11. The minimum absolute atomic E-state index is 0.0897. The summed E-state index contributed by atoms with van der Waals surface area (Å²) in [7, 11) is 2.76. The number of hydrogen-bond acceptors (Lipinski definition) is 5. The molecule has 0 heterocycles. The van der Waals surface area contributed by atoms with E-state index in [0.29, 0.717) is 12.0 Å². The third kappa shape index (κ3) is 3.07. The number of rotatable bonds is 5. The van der Waals surface area contributed by atoms with Gasteiger partial charge in [-0.2, -0.15) is 0 Å². The first kappa shape index (κ1) is 13.2. The van der Waals surface area contributed by atoms with Crippen LogP contribution in [0.4, 0.5) is 5.69 Å². The molecule has 94 valence electrons. The van der Waals surface area contributed by atoms with Crippen LogP contribution in [-0.4, -0.2) is 30.4 Å². The topological polar surface area (TPSA) is 81.8 Å². The zero-order chi connectivity index (χ0) is 13.0. The first-order valence-electron chi connectivity index (χ1n) is 5.07. The molecule has 0 spiro atoms. The van der Waals surface area contributed by atoms with Crippen molar-refractivity contribution in [1.29, 1.82) is 0 Å². The van der Waals surface area contributed by atoms with Crippen LogP contribution < -0.4 is 9.47 Å². The van der Waals surface area contributed by atoms with Gasteiger partial charge in [-0.25, -0.2) is 0 Å². The lowest BCUT2D eigenvalue weighted by atomic mass is 10.1. The van der Waals surface area contributed by atoms with Crippen molar-refractivity contribution in [2.45, 2.75) is 19.4 Å². The van der Waals surface area contributed by atoms with Crippen LogP contribution in [-0.2, 0) is 6.42 Å². The number of ether oxygens (including phenoxy) is 2. The van der Waals surface area contributed by atoms with Crippen LogP contribution in [0.1, 0.15) is 12.5 Å². The number of nitrogens with zero attached hydrogens (tertiary/aromatic N) is 1. The molecule has 0 aliphatic heterocycles. The Kier molecular flexibility index (Phi) is 4.28. The van der Waals surface area contributed by atoms with Crippen LogP contribution in [0, 0.1) is 10.1 Å². The van der Waals surface area contributed by atoms with Gasteiger partial charge < -0.3 is 14.6 Å². The van der Waals surface area contributed by atoms with E-state index in [2.05, 4.69) is 0 Å². The molecule has 1 aromatic rings. The average molecular weight is 241 g/mol. The molecule has 0 aliphatic rings. The molecule has 17 heavy (non-hydrogen) atoms. The third-order valence-corrected chi connectivity index (χ3v) is 2.25. The normalized spacial score (nSPS) is 12.0. The molecule has 0 fully saturated rings. The molecule has 1 atom stereocenters. The lowest BCUT2D eigenvalue weighted by Crippen LogP contribution is -2.06. The van der Waals surface area contributed by atoms with Crippen molar-refractivity contribution < 1.29 is 19.5 Å². The Morgan fingerprint density at radius 3 is 2.47 bits per heavy atom. The molecule has 1 N–H and O–H groups in total. The first-order chi connectivity index (χ1) is 7.99. The van der Waals surface area contributed by atoms with Crippen LogP contribution in [0.2, 0.25) is 0 Å². The third-order valence-electron chi connectivity index (χ3n) is 2.25. The van der Waals surface area contributed by atoms with Crippen molar-refractivity contribution in [3.05, 3.63) is 27.8 Å². The van der Waals surface area contributed by atoms with Crippen molar-refractivity contribution >= 4 is 5.69 Å². The molecule has 0 aromatic heterocycles. The van der Waals surface area contributed by atoms with Crippen LogP contribution in [0.15, 0.2) is 12.1 Å². The summed E-state index contributed by atoms with van der Waals surface area (Å²) in [6.07, 6.45) is -0.256. The molecule has 0 unspecified atom stereocenters. The Morgan fingerprint density at radius 2 is 2.06 bits per heavy atom. The number of aliphatic hydroxyl groups excluding tert-OH is 1. The van der Waals surface area contributed by atoms with Crippen molar-refractivity contribution in [3.8, 4) is 11.5 Å². The Bertz CT molecular complexity index is 417. The monoisotopic (exact) mass is 241 g/mol. The van der Waals surface area contributed by atoms with Crippen molar-refractivity contribution in [2.24, 2.45) is 0 Å². The number of methoxy groups -OCH3 is 2. The van der Waals surface area contributed by atoms with Gasteiger partial charge >= 0.3 is 5.69 Å². The van der Waals surface area contributed by atoms with Crippen LogP contribution in [0.25, 0.3) is 0 Å². The molecule has 0 aliphatic carbocycles. The Hall–Kier alpha value is -1.82. The van der Waals surface area contributed by atoms with E-state index in [0.717, 1.165) is 0 Å². The number of hydrogen-bond donors (Lipinski definition) is 1. The van der Waals surface area contributed by atoms with Gasteiger partial charge in [0.05, 0.1) is 25.2 Å². The second-order valence-corrected chi connectivity index (χ2v) is 3.66. The van der Waals surface area contributed by atoms with Crippen molar-refractivity contribution in [3.63, 3.8) is 0 Å². The van der Waals surface area contributed by atoms with Gasteiger partial charge in [0.25, 0.3) is 0 Å². The summed E-state index contributed by atoms with van der Waals surface area (Å²) in [5.41, 5.74) is 0.465. The van der Waals surface area contributed by atoms with Crippen LogP contribution in [0.5, 0.6) is 11.5 Å². The highest BCUT2D eigenvalue weighted by molar-refractivity contribution is 5.58. The Balaban J connectivity index is 3.29. The van der Waals surface area contributed by atoms with Gasteiger partial charge in [0.15, 0.2) is 5.75 Å². The molecule has 0 saturated carbocycles. The van der Waals surface area contributed by atoms with Gasteiger partial charge in [-0.15, -0.1) is 0 Å². The molecule has 1 aromatic carbocycles. The molecule has 1 rings (SSSR count). The molecule has 0 bridgehead atoms. The predicted octanol–water partition coefficient (Wildman–Crippen LogP) is 1.54. The predicted molar refractivity (Wildman–Crippen MR) is 61.6 cm³/mol. The largest absolute Gasteiger partial charge is 0.493 e. The maximum atomic E-state index is 10.9. The van der Waals surface area contributed by atoms with Crippen molar-refractivity contribution in [1.82, 2.24) is 0 Å². The van der Waals surface area contributed by atoms with Gasteiger partial charge in [-0.3, -0.25) is 10.1 Å². The molecular formula is C11H15NO5. The van der Waals surface area contributed by atoms with Gasteiger partial charge in [0.1, 0.15) is 0 Å². The highest BCUT2D eigenvalue weighted by atomic mass is 16.6. The highest BCUT2D eigenvalue weighted by Gasteiger charge is 2.21. The summed E-state index contributed by atoms with van der Waals surface area (Å²) >= 11 is 0. The first-order valence-corrected chi connectivity index (χ1v) is 5.07. The molecule has 6 nitrogen and oxygen atoms in total. The number of nitro groups is 1. The second-order valence-electron chi connectivity index (χ2n) is 3.66. The summed E-state index contributed by atoms with van der Waals surface area (Å²) in [6.45, 7) is 1.61. The molecular weight excluding hydrogens is 226 g/mol. The number of nitro benzene ring substituents is 1. The lowest BCUT2D eigenvalue weighted by molar-refractivity contribution is -0.385. The van der Waals surface area contributed by atoms with E-state index in [9.17, 15) is 15.2 Å². The minimum Gasteiger partial charge on any atom is -0.493 e. The van der Waals surface area contributed by atoms with Gasteiger partial charge in [0.2, 0.25) is 5.75 Å². The number of benzene rings is 1. The zero-order valence-corrected chi connectivity index (χ0v) is 9.97. The maximum absolute atomic E-state index is 10.9. The summed E-state index contributed by atoms with van der Waals surface area (Å²) < 4.78 is 10.00. The highest BCUT2D eigenvalue weighted by Crippen LogP contribution is 2.38. The van der Waals surface area contributed by atoms with Crippen molar-refractivity contribution in [2.75, 3.05) is 14.2 Å². The van der Waals surface area contributed by atoms with E-state index in [4.69, 9.17) is 9.47 Å². The minimum atomic E-state index is -0.576. The Morgan fingerprint density at radius 1 is 1.41 bits per heavy atom. The van der Waals surface area contributed by atoms with E-state index >= 15 is 0 Å². The standard InChI is InChI=1S/C11H15NO5/c1-7(13)4-8-5-9(12(14)15)11(17-3)10(6-8)16-2/h5-7,13H,4H2,1-3H3/t7-/m0/s1. The summed E-state index contributed by atoms with van der Waals surface area (Å²) in [5, 5.41) is 20.2. The number of aliphatic hydroxyl groups is 1. The van der Waals surface area contributed by atoms with Gasteiger partial charge in [-0.1, -0.05) is 0 Å². The quantitative estimate of drug-likeness (QED) is 0.624. The molecule has 0 amide bonds. The summed E-state index contributed by atoms with van der Waals surface area (Å²) in [5.74, 6) is 0.379. The molecule has 6 heteroatoms. The van der Waals surface area contributed by atoms with Crippen LogP contribution >= 0.6 is 0 Å². The fraction of sp³-hybridized carbons (Fsp3) is 0.455. The smallest absolute Gasteiger partial charge is 0.315 e. The summed E-state index contributed by atoms with van der Waals surface area (Å²) in [4.78, 5) is 10.4. The fourth-order valence-corrected chi connectivity index (χ4v) is 1.59. The molecule has 0 radical (unpaired) electrons. The maximum Gasteiger partial charge on any atom is 0.315 e. The Labute approximate surface area is 98.9 Å². The second kappa shape index (κ2) is 5.49. The van der Waals surface area contributed by atoms with E-state index in [1.54, 1.807) is 13.0 Å². The fourth-order valence-electron chi connectivity index (χ4n) is 1.59. The van der Waals surface area contributed by atoms with Gasteiger partial charge in [-0.05, 0) is 25.0 Å². The summed E-state index contributed by atoms with van der Waals surface area (Å²) in [6, 6.07) is 3.01. The average Bonchev–Trinajstić information content (AvgIpc) is 2.26. The molecule has 0 saturated heterocycles.